The zero-order valence-corrected chi connectivity index (χ0v) is 11.2. The fraction of sp³-hybridized carbons (Fsp3) is 0.167. The highest BCUT2D eigenvalue weighted by molar-refractivity contribution is 14.1. The van der Waals surface area contributed by atoms with E-state index in [0.717, 1.165) is 6.07 Å². The van der Waals surface area contributed by atoms with Crippen LogP contribution in [-0.2, 0) is 12.7 Å². The van der Waals surface area contributed by atoms with Crippen LogP contribution in [0.5, 0.6) is 0 Å². The molecular formula is C12H9F3INO. The third-order valence-corrected chi connectivity index (χ3v) is 2.89. The minimum Gasteiger partial charge on any atom is -0.454 e. The molecule has 1 N–H and O–H groups in total. The SMILES string of the molecule is FC(F)(F)c1ccccc1NCc1ccc(I)o1. The minimum atomic E-state index is -4.36. The molecule has 0 atom stereocenters. The first-order chi connectivity index (χ1) is 8.47. The molecular weight excluding hydrogens is 358 g/mol. The Morgan fingerprint density at radius 1 is 1.11 bits per heavy atom. The summed E-state index contributed by atoms with van der Waals surface area (Å²) in [5.41, 5.74) is -0.623. The Bertz CT molecular complexity index is 536. The number of anilines is 1. The van der Waals surface area contributed by atoms with Gasteiger partial charge in [-0.15, -0.1) is 0 Å². The van der Waals surface area contributed by atoms with Gasteiger partial charge in [-0.2, -0.15) is 13.2 Å². The Labute approximate surface area is 115 Å². The molecule has 0 aliphatic rings. The van der Waals surface area contributed by atoms with Gasteiger partial charge < -0.3 is 9.73 Å². The van der Waals surface area contributed by atoms with Gasteiger partial charge in [0.25, 0.3) is 0 Å². The first kappa shape index (κ1) is 13.3. The van der Waals surface area contributed by atoms with E-state index in [9.17, 15) is 13.2 Å². The fourth-order valence-electron chi connectivity index (χ4n) is 1.51. The quantitative estimate of drug-likeness (QED) is 0.808. The largest absolute Gasteiger partial charge is 0.454 e. The van der Waals surface area contributed by atoms with Crippen molar-refractivity contribution in [2.45, 2.75) is 12.7 Å². The summed E-state index contributed by atoms with van der Waals surface area (Å²) < 4.78 is 44.1. The average molecular weight is 367 g/mol. The van der Waals surface area contributed by atoms with E-state index in [-0.39, 0.29) is 12.2 Å². The first-order valence-corrected chi connectivity index (χ1v) is 6.19. The molecule has 2 rings (SSSR count). The second-order valence-corrected chi connectivity index (χ2v) is 4.67. The first-order valence-electron chi connectivity index (χ1n) is 5.11. The van der Waals surface area contributed by atoms with Gasteiger partial charge in [0.15, 0.2) is 3.77 Å². The van der Waals surface area contributed by atoms with E-state index in [4.69, 9.17) is 4.42 Å². The predicted octanol–water partition coefficient (Wildman–Crippen LogP) is 4.52. The van der Waals surface area contributed by atoms with Crippen molar-refractivity contribution >= 4 is 28.3 Å². The van der Waals surface area contributed by atoms with Crippen LogP contribution in [0.4, 0.5) is 18.9 Å². The molecule has 1 heterocycles. The van der Waals surface area contributed by atoms with Gasteiger partial charge in [-0.05, 0) is 46.9 Å². The number of halogens is 4. The van der Waals surface area contributed by atoms with E-state index in [0.29, 0.717) is 9.53 Å². The molecule has 0 aliphatic carbocycles. The maximum atomic E-state index is 12.7. The maximum absolute atomic E-state index is 12.7. The van der Waals surface area contributed by atoms with Crippen molar-refractivity contribution in [1.29, 1.82) is 0 Å². The van der Waals surface area contributed by atoms with Gasteiger partial charge in [0.1, 0.15) is 5.76 Å². The lowest BCUT2D eigenvalue weighted by molar-refractivity contribution is -0.137. The topological polar surface area (TPSA) is 25.2 Å². The summed E-state index contributed by atoms with van der Waals surface area (Å²) in [6.45, 7) is 0.218. The average Bonchev–Trinajstić information content (AvgIpc) is 2.72. The number of furan rings is 1. The molecule has 1 aromatic heterocycles. The normalized spacial score (nSPS) is 11.6. The number of benzene rings is 1. The van der Waals surface area contributed by atoms with Gasteiger partial charge >= 0.3 is 6.18 Å². The number of hydrogen-bond acceptors (Lipinski definition) is 2. The Balaban J connectivity index is 2.14. The van der Waals surface area contributed by atoms with Crippen molar-refractivity contribution < 1.29 is 17.6 Å². The molecule has 0 spiro atoms. The summed E-state index contributed by atoms with van der Waals surface area (Å²) in [6.07, 6.45) is -4.36. The maximum Gasteiger partial charge on any atom is 0.418 e. The highest BCUT2D eigenvalue weighted by atomic mass is 127. The van der Waals surface area contributed by atoms with Crippen molar-refractivity contribution in [2.75, 3.05) is 5.32 Å². The molecule has 0 saturated heterocycles. The monoisotopic (exact) mass is 367 g/mol. The van der Waals surface area contributed by atoms with Gasteiger partial charge in [-0.1, -0.05) is 12.1 Å². The molecule has 18 heavy (non-hydrogen) atoms. The van der Waals surface area contributed by atoms with Gasteiger partial charge in [0.05, 0.1) is 12.1 Å². The summed E-state index contributed by atoms with van der Waals surface area (Å²) in [5.74, 6) is 0.594. The van der Waals surface area contributed by atoms with Crippen LogP contribution in [0, 0.1) is 3.77 Å². The van der Waals surface area contributed by atoms with Gasteiger partial charge in [-0.3, -0.25) is 0 Å². The third-order valence-electron chi connectivity index (χ3n) is 2.31. The summed E-state index contributed by atoms with van der Waals surface area (Å²) in [6, 6.07) is 8.86. The van der Waals surface area contributed by atoms with Crippen LogP contribution < -0.4 is 5.32 Å². The molecule has 0 unspecified atom stereocenters. The zero-order chi connectivity index (χ0) is 13.2. The van der Waals surface area contributed by atoms with E-state index < -0.39 is 11.7 Å². The Morgan fingerprint density at radius 3 is 2.44 bits per heavy atom. The molecule has 0 amide bonds. The molecule has 2 aromatic rings. The molecule has 0 radical (unpaired) electrons. The van der Waals surface area contributed by atoms with Crippen LogP contribution in [0.25, 0.3) is 0 Å². The Hall–Kier alpha value is -1.18. The molecule has 0 bridgehead atoms. The second kappa shape index (κ2) is 5.21. The number of para-hydroxylation sites is 1. The zero-order valence-electron chi connectivity index (χ0n) is 9.09. The molecule has 96 valence electrons. The van der Waals surface area contributed by atoms with Crippen molar-refractivity contribution in [2.24, 2.45) is 0 Å². The van der Waals surface area contributed by atoms with Crippen LogP contribution >= 0.6 is 22.6 Å². The van der Waals surface area contributed by atoms with Crippen molar-refractivity contribution in [3.8, 4) is 0 Å². The molecule has 0 saturated carbocycles. The van der Waals surface area contributed by atoms with Crippen LogP contribution in [0.2, 0.25) is 0 Å². The summed E-state index contributed by atoms with van der Waals surface area (Å²) in [4.78, 5) is 0. The summed E-state index contributed by atoms with van der Waals surface area (Å²) in [7, 11) is 0. The molecule has 0 fully saturated rings. The third kappa shape index (κ3) is 3.18. The fourth-order valence-corrected chi connectivity index (χ4v) is 1.98. The standard InChI is InChI=1S/C12H9F3INO/c13-12(14,15)9-3-1-2-4-10(9)17-7-8-5-6-11(16)18-8/h1-6,17H,7H2. The van der Waals surface area contributed by atoms with Crippen molar-refractivity contribution in [3.63, 3.8) is 0 Å². The molecule has 1 aromatic carbocycles. The lowest BCUT2D eigenvalue weighted by Gasteiger charge is -2.13. The van der Waals surface area contributed by atoms with E-state index in [2.05, 4.69) is 5.32 Å². The summed E-state index contributed by atoms with van der Waals surface area (Å²) in [5, 5.41) is 2.73. The van der Waals surface area contributed by atoms with Gasteiger partial charge in [0, 0.05) is 5.69 Å². The minimum absolute atomic E-state index is 0.0522. The number of rotatable bonds is 3. The number of alkyl halides is 3. The second-order valence-electron chi connectivity index (χ2n) is 3.60. The van der Waals surface area contributed by atoms with Gasteiger partial charge in [0.2, 0.25) is 0 Å². The number of nitrogens with one attached hydrogen (secondary N) is 1. The van der Waals surface area contributed by atoms with E-state index in [1.54, 1.807) is 18.2 Å². The Kier molecular flexibility index (Phi) is 3.84. The smallest absolute Gasteiger partial charge is 0.418 e. The van der Waals surface area contributed by atoms with E-state index in [1.807, 2.05) is 22.6 Å². The highest BCUT2D eigenvalue weighted by Gasteiger charge is 2.33. The van der Waals surface area contributed by atoms with E-state index >= 15 is 0 Å². The van der Waals surface area contributed by atoms with Crippen LogP contribution in [0.3, 0.4) is 0 Å². The van der Waals surface area contributed by atoms with Gasteiger partial charge in [-0.25, -0.2) is 0 Å². The van der Waals surface area contributed by atoms with E-state index in [1.165, 1.54) is 12.1 Å². The van der Waals surface area contributed by atoms with Crippen molar-refractivity contribution in [1.82, 2.24) is 0 Å². The number of hydrogen-bond donors (Lipinski definition) is 1. The van der Waals surface area contributed by atoms with Crippen molar-refractivity contribution in [3.05, 3.63) is 51.5 Å². The highest BCUT2D eigenvalue weighted by Crippen LogP contribution is 2.34. The molecule has 2 nitrogen and oxygen atoms in total. The molecule has 6 heteroatoms. The predicted molar refractivity (Wildman–Crippen MR) is 70.2 cm³/mol. The lowest BCUT2D eigenvalue weighted by Crippen LogP contribution is -2.10. The Morgan fingerprint density at radius 2 is 1.83 bits per heavy atom. The molecule has 0 aliphatic heterocycles. The summed E-state index contributed by atoms with van der Waals surface area (Å²) >= 11 is 2.00. The van der Waals surface area contributed by atoms with Crippen LogP contribution in [0.1, 0.15) is 11.3 Å². The van der Waals surface area contributed by atoms with Crippen LogP contribution in [0.15, 0.2) is 40.8 Å². The van der Waals surface area contributed by atoms with Crippen LogP contribution in [-0.4, -0.2) is 0 Å². The lowest BCUT2D eigenvalue weighted by atomic mass is 10.1.